The molecule has 0 spiro atoms. The standard InChI is InChI=1S/C18H31N3O.CH4/c1-18(2,3)20-13-9-15-21(4)14-8-12-19-17(22)16-10-6-5-7-11-16;/h5-7,10-11,20H,8-9,12-15H2,1-4H3,(H,19,22);1H4. The first-order chi connectivity index (χ1) is 10.4. The van der Waals surface area contributed by atoms with E-state index in [1.807, 2.05) is 30.3 Å². The first-order valence-corrected chi connectivity index (χ1v) is 8.15. The van der Waals surface area contributed by atoms with E-state index in [4.69, 9.17) is 0 Å². The molecule has 0 unspecified atom stereocenters. The fraction of sp³-hybridized carbons (Fsp3) is 0.632. The van der Waals surface area contributed by atoms with Crippen molar-refractivity contribution < 1.29 is 4.79 Å². The Labute approximate surface area is 142 Å². The summed E-state index contributed by atoms with van der Waals surface area (Å²) in [4.78, 5) is 14.2. The largest absolute Gasteiger partial charge is 0.352 e. The Morgan fingerprint density at radius 2 is 1.61 bits per heavy atom. The van der Waals surface area contributed by atoms with Gasteiger partial charge in [-0.2, -0.15) is 0 Å². The van der Waals surface area contributed by atoms with Gasteiger partial charge < -0.3 is 15.5 Å². The lowest BCUT2D eigenvalue weighted by Crippen LogP contribution is -2.37. The third kappa shape index (κ3) is 10.9. The third-order valence-corrected chi connectivity index (χ3v) is 3.41. The van der Waals surface area contributed by atoms with Gasteiger partial charge in [-0.15, -0.1) is 0 Å². The monoisotopic (exact) mass is 321 g/mol. The van der Waals surface area contributed by atoms with Gasteiger partial charge in [-0.3, -0.25) is 4.79 Å². The van der Waals surface area contributed by atoms with Crippen LogP contribution in [0.1, 0.15) is 51.4 Å². The second-order valence-electron chi connectivity index (χ2n) is 6.81. The van der Waals surface area contributed by atoms with Crippen LogP contribution in [-0.4, -0.2) is 49.6 Å². The van der Waals surface area contributed by atoms with Crippen molar-refractivity contribution >= 4 is 5.91 Å². The van der Waals surface area contributed by atoms with Crippen molar-refractivity contribution in [1.29, 1.82) is 0 Å². The Balaban J connectivity index is 0.00000484. The van der Waals surface area contributed by atoms with Crippen LogP contribution in [0.3, 0.4) is 0 Å². The van der Waals surface area contributed by atoms with Crippen LogP contribution in [-0.2, 0) is 0 Å². The lowest BCUT2D eigenvalue weighted by atomic mass is 10.1. The molecule has 0 aliphatic carbocycles. The molecule has 0 aliphatic rings. The zero-order valence-corrected chi connectivity index (χ0v) is 14.5. The maximum absolute atomic E-state index is 11.9. The van der Waals surface area contributed by atoms with Gasteiger partial charge in [-0.1, -0.05) is 25.6 Å². The number of benzene rings is 1. The van der Waals surface area contributed by atoms with Crippen LogP contribution in [0.25, 0.3) is 0 Å². The van der Waals surface area contributed by atoms with E-state index >= 15 is 0 Å². The van der Waals surface area contributed by atoms with Gasteiger partial charge >= 0.3 is 0 Å². The number of carbonyl (C=O) groups excluding carboxylic acids is 1. The van der Waals surface area contributed by atoms with Crippen LogP contribution in [0.4, 0.5) is 0 Å². The first kappa shape index (κ1) is 21.6. The highest BCUT2D eigenvalue weighted by Crippen LogP contribution is 1.99. The van der Waals surface area contributed by atoms with Gasteiger partial charge in [0.05, 0.1) is 0 Å². The van der Waals surface area contributed by atoms with Crippen molar-refractivity contribution in [2.75, 3.05) is 33.2 Å². The van der Waals surface area contributed by atoms with E-state index in [-0.39, 0.29) is 18.9 Å². The predicted molar refractivity (Wildman–Crippen MR) is 100.0 cm³/mol. The maximum atomic E-state index is 11.9. The minimum Gasteiger partial charge on any atom is -0.352 e. The first-order valence-electron chi connectivity index (χ1n) is 8.15. The SMILES string of the molecule is C.CN(CCCNC(=O)c1ccccc1)CCCNC(C)(C)C. The van der Waals surface area contributed by atoms with Crippen molar-refractivity contribution in [2.24, 2.45) is 0 Å². The highest BCUT2D eigenvalue weighted by molar-refractivity contribution is 5.94. The molecule has 0 aromatic heterocycles. The number of amides is 1. The van der Waals surface area contributed by atoms with Gasteiger partial charge in [-0.25, -0.2) is 0 Å². The number of nitrogens with zero attached hydrogens (tertiary/aromatic N) is 1. The Hall–Kier alpha value is -1.39. The van der Waals surface area contributed by atoms with E-state index in [2.05, 4.69) is 43.4 Å². The van der Waals surface area contributed by atoms with Crippen molar-refractivity contribution in [3.63, 3.8) is 0 Å². The lowest BCUT2D eigenvalue weighted by Gasteiger charge is -2.22. The second kappa shape index (κ2) is 11.2. The summed E-state index contributed by atoms with van der Waals surface area (Å²) in [5.41, 5.74) is 0.921. The summed E-state index contributed by atoms with van der Waals surface area (Å²) in [5, 5.41) is 6.46. The minimum absolute atomic E-state index is 0. The Morgan fingerprint density at radius 3 is 2.17 bits per heavy atom. The van der Waals surface area contributed by atoms with Crippen LogP contribution in [0.5, 0.6) is 0 Å². The van der Waals surface area contributed by atoms with Crippen molar-refractivity contribution in [3.8, 4) is 0 Å². The summed E-state index contributed by atoms with van der Waals surface area (Å²) < 4.78 is 0. The number of nitrogens with one attached hydrogen (secondary N) is 2. The molecule has 0 atom stereocenters. The fourth-order valence-electron chi connectivity index (χ4n) is 2.17. The lowest BCUT2D eigenvalue weighted by molar-refractivity contribution is 0.0952. The second-order valence-corrected chi connectivity index (χ2v) is 6.81. The Kier molecular flexibility index (Phi) is 10.5. The molecule has 0 saturated carbocycles. The zero-order valence-electron chi connectivity index (χ0n) is 14.5. The van der Waals surface area contributed by atoms with Crippen molar-refractivity contribution in [2.45, 2.75) is 46.6 Å². The molecule has 0 heterocycles. The average Bonchev–Trinajstić information content (AvgIpc) is 2.48. The molecule has 2 N–H and O–H groups in total. The summed E-state index contributed by atoms with van der Waals surface area (Å²) in [6.45, 7) is 10.4. The molecule has 0 radical (unpaired) electrons. The van der Waals surface area contributed by atoms with Crippen LogP contribution in [0, 0.1) is 0 Å². The van der Waals surface area contributed by atoms with Crippen LogP contribution in [0.2, 0.25) is 0 Å². The van der Waals surface area contributed by atoms with E-state index in [9.17, 15) is 4.79 Å². The van der Waals surface area contributed by atoms with Gasteiger partial charge in [0.15, 0.2) is 0 Å². The van der Waals surface area contributed by atoms with Gasteiger partial charge in [0, 0.05) is 17.6 Å². The number of rotatable bonds is 9. The quantitative estimate of drug-likeness (QED) is 0.687. The van der Waals surface area contributed by atoms with E-state index < -0.39 is 0 Å². The molecule has 4 heteroatoms. The molecule has 4 nitrogen and oxygen atoms in total. The van der Waals surface area contributed by atoms with Gasteiger partial charge in [0.2, 0.25) is 0 Å². The molecule has 0 fully saturated rings. The molecule has 1 rings (SSSR count). The highest BCUT2D eigenvalue weighted by Gasteiger charge is 2.08. The van der Waals surface area contributed by atoms with Gasteiger partial charge in [0.25, 0.3) is 5.91 Å². The maximum Gasteiger partial charge on any atom is 0.251 e. The predicted octanol–water partition coefficient (Wildman–Crippen LogP) is 3.15. The van der Waals surface area contributed by atoms with E-state index in [1.54, 1.807) is 0 Å². The topological polar surface area (TPSA) is 44.4 Å². The average molecular weight is 322 g/mol. The molecule has 1 aromatic rings. The third-order valence-electron chi connectivity index (χ3n) is 3.41. The number of hydrogen-bond donors (Lipinski definition) is 2. The van der Waals surface area contributed by atoms with Crippen LogP contribution in [0.15, 0.2) is 30.3 Å². The van der Waals surface area contributed by atoms with Crippen molar-refractivity contribution in [3.05, 3.63) is 35.9 Å². The normalized spacial score (nSPS) is 11.2. The number of hydrogen-bond acceptors (Lipinski definition) is 3. The minimum atomic E-state index is 0. The summed E-state index contributed by atoms with van der Waals surface area (Å²) in [5.74, 6) is 0.0117. The van der Waals surface area contributed by atoms with Crippen molar-refractivity contribution in [1.82, 2.24) is 15.5 Å². The molecule has 0 bridgehead atoms. The fourth-order valence-corrected chi connectivity index (χ4v) is 2.17. The Bertz CT molecular complexity index is 426. The molecule has 23 heavy (non-hydrogen) atoms. The molecular weight excluding hydrogens is 286 g/mol. The summed E-state index contributed by atoms with van der Waals surface area (Å²) in [6, 6.07) is 9.36. The summed E-state index contributed by atoms with van der Waals surface area (Å²) in [6.07, 6.45) is 2.12. The molecule has 1 amide bonds. The molecular formula is C19H35N3O. The molecule has 0 saturated heterocycles. The van der Waals surface area contributed by atoms with Gasteiger partial charge in [-0.05, 0) is 72.4 Å². The van der Waals surface area contributed by atoms with E-state index in [1.165, 1.54) is 0 Å². The van der Waals surface area contributed by atoms with Crippen LogP contribution < -0.4 is 10.6 Å². The number of carbonyl (C=O) groups is 1. The zero-order chi connectivity index (χ0) is 16.4. The van der Waals surface area contributed by atoms with Crippen LogP contribution >= 0.6 is 0 Å². The summed E-state index contributed by atoms with van der Waals surface area (Å²) >= 11 is 0. The Morgan fingerprint density at radius 1 is 1.04 bits per heavy atom. The molecule has 132 valence electrons. The smallest absolute Gasteiger partial charge is 0.251 e. The van der Waals surface area contributed by atoms with E-state index in [0.717, 1.165) is 44.6 Å². The van der Waals surface area contributed by atoms with Gasteiger partial charge in [0.1, 0.15) is 0 Å². The highest BCUT2D eigenvalue weighted by atomic mass is 16.1. The van der Waals surface area contributed by atoms with E-state index in [0.29, 0.717) is 0 Å². The molecule has 1 aromatic carbocycles. The molecule has 0 aliphatic heterocycles. The summed E-state index contributed by atoms with van der Waals surface area (Å²) in [7, 11) is 2.14.